The van der Waals surface area contributed by atoms with Crippen LogP contribution in [0.1, 0.15) is 0 Å². The highest BCUT2D eigenvalue weighted by molar-refractivity contribution is 9.10. The molecular weight excluding hydrogens is 508 g/mol. The average Bonchev–Trinajstić information content (AvgIpc) is 2.75. The van der Waals surface area contributed by atoms with Gasteiger partial charge in [-0.2, -0.15) is 0 Å². The summed E-state index contributed by atoms with van der Waals surface area (Å²) in [5.41, 5.74) is 0. The summed E-state index contributed by atoms with van der Waals surface area (Å²) in [5.74, 6) is 4.55. The van der Waals surface area contributed by atoms with Crippen molar-refractivity contribution in [2.24, 2.45) is 0 Å². The molecule has 0 bridgehead atoms. The van der Waals surface area contributed by atoms with Crippen molar-refractivity contribution < 1.29 is 28.4 Å². The van der Waals surface area contributed by atoms with Gasteiger partial charge in [0.1, 0.15) is 26.4 Å². The van der Waals surface area contributed by atoms with E-state index < -0.39 is 0 Å². The summed E-state index contributed by atoms with van der Waals surface area (Å²) in [6.07, 6.45) is 0. The van der Waals surface area contributed by atoms with Crippen LogP contribution >= 0.6 is 31.9 Å². The molecule has 0 radical (unpaired) electrons. The Morgan fingerprint density at radius 3 is 1.45 bits per heavy atom. The average molecular weight is 534 g/mol. The Morgan fingerprint density at radius 2 is 0.966 bits per heavy atom. The number of hydrogen-bond donors (Lipinski definition) is 0. The molecule has 2 aromatic rings. The standard InChI is InChI=1S/C20H23BrO6.CH3Br/c21-16-5-6-19-20(15-16)27-14-10-23-8-12-25-18-4-2-1-3-17(18)24-11-7-22-9-13-26-19;1-2/h1-6,15H,7-14H2;1H3. The molecule has 0 unspecified atom stereocenters. The van der Waals surface area contributed by atoms with Crippen molar-refractivity contribution in [3.8, 4) is 23.0 Å². The first kappa shape index (κ1) is 23.8. The Kier molecular flexibility index (Phi) is 11.9. The lowest BCUT2D eigenvalue weighted by Crippen LogP contribution is -2.15. The van der Waals surface area contributed by atoms with E-state index in [-0.39, 0.29) is 0 Å². The number of benzene rings is 2. The first-order valence-corrected chi connectivity index (χ1v) is 11.6. The predicted molar refractivity (Wildman–Crippen MR) is 119 cm³/mol. The molecule has 1 heterocycles. The molecule has 160 valence electrons. The van der Waals surface area contributed by atoms with E-state index in [0.29, 0.717) is 75.9 Å². The SMILES string of the molecule is Brc1ccc2c(c1)OCCOCCOc1ccccc1OCCOCCO2.CBr. The number of ether oxygens (including phenoxy) is 6. The minimum Gasteiger partial charge on any atom is -0.487 e. The van der Waals surface area contributed by atoms with Gasteiger partial charge < -0.3 is 28.4 Å². The molecule has 8 heteroatoms. The van der Waals surface area contributed by atoms with Gasteiger partial charge in [0.25, 0.3) is 0 Å². The lowest BCUT2D eigenvalue weighted by atomic mass is 10.3. The first-order valence-electron chi connectivity index (χ1n) is 9.26. The van der Waals surface area contributed by atoms with Crippen LogP contribution in [0.4, 0.5) is 0 Å². The first-order chi connectivity index (χ1) is 14.3. The van der Waals surface area contributed by atoms with Gasteiger partial charge in [-0.25, -0.2) is 0 Å². The molecule has 2 aromatic carbocycles. The number of halogens is 2. The molecule has 3 rings (SSSR count). The summed E-state index contributed by atoms with van der Waals surface area (Å²) < 4.78 is 35.1. The molecule has 1 aliphatic heterocycles. The lowest BCUT2D eigenvalue weighted by Gasteiger charge is -2.15. The molecule has 6 nitrogen and oxygen atoms in total. The lowest BCUT2D eigenvalue weighted by molar-refractivity contribution is 0.0640. The van der Waals surface area contributed by atoms with Crippen molar-refractivity contribution in [3.63, 3.8) is 0 Å². The molecule has 0 spiro atoms. The highest BCUT2D eigenvalue weighted by Gasteiger charge is 2.08. The second kappa shape index (κ2) is 14.5. The summed E-state index contributed by atoms with van der Waals surface area (Å²) in [5, 5.41) is 0. The van der Waals surface area contributed by atoms with Gasteiger partial charge in [-0.15, -0.1) is 0 Å². The van der Waals surface area contributed by atoms with Gasteiger partial charge >= 0.3 is 0 Å². The highest BCUT2D eigenvalue weighted by atomic mass is 79.9. The predicted octanol–water partition coefficient (Wildman–Crippen LogP) is 4.72. The molecule has 0 aliphatic carbocycles. The third-order valence-electron chi connectivity index (χ3n) is 3.70. The fourth-order valence-electron chi connectivity index (χ4n) is 2.45. The van der Waals surface area contributed by atoms with E-state index in [9.17, 15) is 0 Å². The van der Waals surface area contributed by atoms with Crippen molar-refractivity contribution in [3.05, 3.63) is 46.9 Å². The Hall–Kier alpha value is -1.48. The zero-order chi connectivity index (χ0) is 20.7. The van der Waals surface area contributed by atoms with Crippen LogP contribution in [0.25, 0.3) is 0 Å². The summed E-state index contributed by atoms with van der Waals surface area (Å²) in [7, 11) is 0. The number of hydrogen-bond acceptors (Lipinski definition) is 6. The summed E-state index contributed by atoms with van der Waals surface area (Å²) in [4.78, 5) is 0. The summed E-state index contributed by atoms with van der Waals surface area (Å²) in [6.45, 7) is 3.55. The summed E-state index contributed by atoms with van der Waals surface area (Å²) >= 11 is 6.39. The van der Waals surface area contributed by atoms with E-state index in [1.807, 2.05) is 48.3 Å². The normalized spacial score (nSPS) is 15.8. The van der Waals surface area contributed by atoms with E-state index in [4.69, 9.17) is 28.4 Å². The third kappa shape index (κ3) is 8.82. The second-order valence-electron chi connectivity index (χ2n) is 5.66. The Labute approximate surface area is 188 Å². The van der Waals surface area contributed by atoms with Gasteiger partial charge in [0.15, 0.2) is 23.0 Å². The number of fused-ring (bicyclic) bond motifs is 2. The van der Waals surface area contributed by atoms with Crippen molar-refractivity contribution in [1.29, 1.82) is 0 Å². The van der Waals surface area contributed by atoms with Crippen molar-refractivity contribution in [1.82, 2.24) is 0 Å². The smallest absolute Gasteiger partial charge is 0.162 e. The van der Waals surface area contributed by atoms with E-state index >= 15 is 0 Å². The van der Waals surface area contributed by atoms with Gasteiger partial charge in [0.05, 0.1) is 26.4 Å². The van der Waals surface area contributed by atoms with Gasteiger partial charge in [0, 0.05) is 4.47 Å². The maximum Gasteiger partial charge on any atom is 0.162 e. The van der Waals surface area contributed by atoms with Gasteiger partial charge in [-0.05, 0) is 36.2 Å². The molecule has 0 atom stereocenters. The molecule has 0 aromatic heterocycles. The number of rotatable bonds is 0. The second-order valence-corrected chi connectivity index (χ2v) is 6.57. The van der Waals surface area contributed by atoms with Gasteiger partial charge in [-0.1, -0.05) is 44.0 Å². The van der Waals surface area contributed by atoms with E-state index in [0.717, 1.165) is 4.47 Å². The highest BCUT2D eigenvalue weighted by Crippen LogP contribution is 2.30. The van der Waals surface area contributed by atoms with Crippen molar-refractivity contribution in [2.75, 3.05) is 58.7 Å². The fraction of sp³-hybridized carbons (Fsp3) is 0.429. The minimum absolute atomic E-state index is 0.420. The molecule has 0 saturated heterocycles. The molecular formula is C21H26Br2O6. The van der Waals surface area contributed by atoms with Crippen molar-refractivity contribution >= 4 is 31.9 Å². The van der Waals surface area contributed by atoms with Gasteiger partial charge in [0.2, 0.25) is 0 Å². The Bertz CT molecular complexity index is 713. The van der Waals surface area contributed by atoms with Crippen LogP contribution in [-0.2, 0) is 9.47 Å². The molecule has 1 aliphatic rings. The fourth-order valence-corrected chi connectivity index (χ4v) is 2.79. The van der Waals surface area contributed by atoms with Crippen LogP contribution in [0.2, 0.25) is 0 Å². The van der Waals surface area contributed by atoms with E-state index in [1.54, 1.807) is 0 Å². The van der Waals surface area contributed by atoms with E-state index in [2.05, 4.69) is 31.9 Å². The van der Waals surface area contributed by atoms with E-state index in [1.165, 1.54) is 0 Å². The molecule has 0 N–H and O–H groups in total. The molecule has 0 saturated carbocycles. The zero-order valence-electron chi connectivity index (χ0n) is 16.4. The minimum atomic E-state index is 0.420. The third-order valence-corrected chi connectivity index (χ3v) is 4.19. The number of alkyl halides is 1. The summed E-state index contributed by atoms with van der Waals surface area (Å²) in [6, 6.07) is 13.2. The van der Waals surface area contributed by atoms with Crippen LogP contribution < -0.4 is 18.9 Å². The quantitative estimate of drug-likeness (QED) is 0.457. The Balaban J connectivity index is 0.00000145. The molecule has 0 amide bonds. The van der Waals surface area contributed by atoms with Crippen LogP contribution in [0.5, 0.6) is 23.0 Å². The largest absolute Gasteiger partial charge is 0.487 e. The van der Waals surface area contributed by atoms with Crippen LogP contribution in [0.3, 0.4) is 0 Å². The topological polar surface area (TPSA) is 55.4 Å². The number of para-hydroxylation sites is 2. The maximum absolute atomic E-state index is 5.79. The maximum atomic E-state index is 5.79. The zero-order valence-corrected chi connectivity index (χ0v) is 19.6. The Morgan fingerprint density at radius 1 is 0.552 bits per heavy atom. The van der Waals surface area contributed by atoms with Gasteiger partial charge in [-0.3, -0.25) is 0 Å². The van der Waals surface area contributed by atoms with Crippen LogP contribution in [-0.4, -0.2) is 58.7 Å². The van der Waals surface area contributed by atoms with Crippen LogP contribution in [0.15, 0.2) is 46.9 Å². The molecule has 29 heavy (non-hydrogen) atoms. The monoisotopic (exact) mass is 532 g/mol. The molecule has 0 fully saturated rings. The van der Waals surface area contributed by atoms with Crippen molar-refractivity contribution in [2.45, 2.75) is 0 Å². The van der Waals surface area contributed by atoms with Crippen LogP contribution in [0, 0.1) is 0 Å².